The second-order valence-electron chi connectivity index (χ2n) is 7.33. The molecule has 0 saturated carbocycles. The van der Waals surface area contributed by atoms with Crippen molar-refractivity contribution in [2.24, 2.45) is 16.7 Å². The van der Waals surface area contributed by atoms with Crippen LogP contribution in [0.3, 0.4) is 0 Å². The van der Waals surface area contributed by atoms with E-state index in [0.717, 1.165) is 12.0 Å². The van der Waals surface area contributed by atoms with Gasteiger partial charge in [0.05, 0.1) is 0 Å². The van der Waals surface area contributed by atoms with Gasteiger partial charge in [0, 0.05) is 10.8 Å². The van der Waals surface area contributed by atoms with Gasteiger partial charge in [0.2, 0.25) is 0 Å². The van der Waals surface area contributed by atoms with E-state index < -0.39 is 0 Å². The Hall–Kier alpha value is -1.11. The zero-order valence-corrected chi connectivity index (χ0v) is 13.3. The van der Waals surface area contributed by atoms with Crippen molar-refractivity contribution >= 4 is 5.78 Å². The molecule has 2 aliphatic rings. The molecule has 0 N–H and O–H groups in total. The lowest BCUT2D eigenvalue weighted by atomic mass is 9.60. The minimum Gasteiger partial charge on any atom is -0.295 e. The molecule has 1 heteroatoms. The maximum Gasteiger partial charge on any atom is 0.156 e. The summed E-state index contributed by atoms with van der Waals surface area (Å²) in [6.45, 7) is 15.2. The molecular formula is C18H26O. The third kappa shape index (κ3) is 2.13. The monoisotopic (exact) mass is 258 g/mol. The quantitative estimate of drug-likeness (QED) is 0.614. The standard InChI is InChI=1S/C18H26O/c1-11-8-16-15(9-14(11)13(3)19)17(4,5)10-12(2)18(16,6)7/h9-11H,8H2,1-7H3. The smallest absolute Gasteiger partial charge is 0.156 e. The van der Waals surface area contributed by atoms with E-state index >= 15 is 0 Å². The Kier molecular flexibility index (Phi) is 3.16. The molecule has 0 spiro atoms. The molecule has 2 rings (SSSR count). The molecule has 0 heterocycles. The Morgan fingerprint density at radius 2 is 1.84 bits per heavy atom. The van der Waals surface area contributed by atoms with Crippen LogP contribution < -0.4 is 0 Å². The number of hydrogen-bond acceptors (Lipinski definition) is 1. The highest BCUT2D eigenvalue weighted by molar-refractivity contribution is 5.94. The summed E-state index contributed by atoms with van der Waals surface area (Å²) in [7, 11) is 0. The molecule has 0 radical (unpaired) electrons. The van der Waals surface area contributed by atoms with Gasteiger partial charge in [-0.15, -0.1) is 0 Å². The van der Waals surface area contributed by atoms with Crippen molar-refractivity contribution in [3.05, 3.63) is 34.4 Å². The summed E-state index contributed by atoms with van der Waals surface area (Å²) in [6.07, 6.45) is 5.56. The van der Waals surface area contributed by atoms with Gasteiger partial charge in [-0.25, -0.2) is 0 Å². The topological polar surface area (TPSA) is 17.1 Å². The molecule has 104 valence electrons. The average molecular weight is 258 g/mol. The van der Waals surface area contributed by atoms with Crippen LogP contribution in [0.5, 0.6) is 0 Å². The van der Waals surface area contributed by atoms with Gasteiger partial charge >= 0.3 is 0 Å². The van der Waals surface area contributed by atoms with Crippen LogP contribution in [0.15, 0.2) is 34.4 Å². The van der Waals surface area contributed by atoms with Gasteiger partial charge in [-0.2, -0.15) is 0 Å². The van der Waals surface area contributed by atoms with E-state index in [1.165, 1.54) is 16.7 Å². The Morgan fingerprint density at radius 3 is 2.37 bits per heavy atom. The van der Waals surface area contributed by atoms with E-state index in [1.54, 1.807) is 6.92 Å². The van der Waals surface area contributed by atoms with E-state index in [0.29, 0.717) is 5.92 Å². The molecule has 1 nitrogen and oxygen atoms in total. The van der Waals surface area contributed by atoms with E-state index in [-0.39, 0.29) is 16.6 Å². The number of hydrogen-bond donors (Lipinski definition) is 0. The van der Waals surface area contributed by atoms with Crippen molar-refractivity contribution in [1.29, 1.82) is 0 Å². The van der Waals surface area contributed by atoms with Crippen LogP contribution in [0.25, 0.3) is 0 Å². The molecule has 19 heavy (non-hydrogen) atoms. The first-order chi connectivity index (χ1) is 8.57. The second kappa shape index (κ2) is 4.19. The summed E-state index contributed by atoms with van der Waals surface area (Å²) < 4.78 is 0. The van der Waals surface area contributed by atoms with Crippen molar-refractivity contribution in [3.63, 3.8) is 0 Å². The van der Waals surface area contributed by atoms with Gasteiger partial charge in [-0.05, 0) is 37.3 Å². The second-order valence-corrected chi connectivity index (χ2v) is 7.33. The molecule has 0 saturated heterocycles. The van der Waals surface area contributed by atoms with E-state index in [9.17, 15) is 4.79 Å². The normalized spacial score (nSPS) is 28.5. The molecule has 0 aromatic heterocycles. The van der Waals surface area contributed by atoms with Crippen LogP contribution in [-0.2, 0) is 4.79 Å². The first-order valence-corrected chi connectivity index (χ1v) is 7.24. The highest BCUT2D eigenvalue weighted by atomic mass is 16.1. The predicted molar refractivity (Wildman–Crippen MR) is 80.9 cm³/mol. The van der Waals surface area contributed by atoms with Crippen LogP contribution in [0.2, 0.25) is 0 Å². The molecule has 0 bridgehead atoms. The summed E-state index contributed by atoms with van der Waals surface area (Å²) in [5.74, 6) is 0.566. The number of ketones is 1. The van der Waals surface area contributed by atoms with Crippen molar-refractivity contribution in [2.45, 2.75) is 54.9 Å². The Labute approximate surface area is 117 Å². The van der Waals surface area contributed by atoms with Gasteiger partial charge in [0.25, 0.3) is 0 Å². The number of Topliss-reactive ketones (excluding diaryl/α,β-unsaturated/α-hetero) is 1. The van der Waals surface area contributed by atoms with Crippen LogP contribution in [0, 0.1) is 16.7 Å². The van der Waals surface area contributed by atoms with Gasteiger partial charge in [0.1, 0.15) is 0 Å². The van der Waals surface area contributed by atoms with Crippen molar-refractivity contribution in [1.82, 2.24) is 0 Å². The third-order valence-electron chi connectivity index (χ3n) is 5.08. The number of carbonyl (C=O) groups excluding carboxylic acids is 1. The fourth-order valence-corrected chi connectivity index (χ4v) is 3.56. The van der Waals surface area contributed by atoms with Crippen LogP contribution in [0.1, 0.15) is 54.9 Å². The molecule has 2 aliphatic carbocycles. The van der Waals surface area contributed by atoms with E-state index in [1.807, 2.05) is 0 Å². The van der Waals surface area contributed by atoms with E-state index in [4.69, 9.17) is 0 Å². The zero-order chi connectivity index (χ0) is 14.6. The van der Waals surface area contributed by atoms with Gasteiger partial charge < -0.3 is 0 Å². The summed E-state index contributed by atoms with van der Waals surface area (Å²) in [5, 5.41) is 0. The lowest BCUT2D eigenvalue weighted by molar-refractivity contribution is -0.114. The highest BCUT2D eigenvalue weighted by Gasteiger charge is 2.40. The molecule has 0 amide bonds. The van der Waals surface area contributed by atoms with Gasteiger partial charge in [-0.1, -0.05) is 57.9 Å². The first kappa shape index (κ1) is 14.3. The third-order valence-corrected chi connectivity index (χ3v) is 5.08. The van der Waals surface area contributed by atoms with Crippen molar-refractivity contribution in [2.75, 3.05) is 0 Å². The lowest BCUT2D eigenvalue weighted by Gasteiger charge is -2.44. The Balaban J connectivity index is 2.64. The molecule has 0 aliphatic heterocycles. The fraction of sp³-hybridized carbons (Fsp3) is 0.611. The highest BCUT2D eigenvalue weighted by Crippen LogP contribution is 2.53. The Bertz CT molecular complexity index is 524. The van der Waals surface area contributed by atoms with Crippen LogP contribution in [0.4, 0.5) is 0 Å². The van der Waals surface area contributed by atoms with E-state index in [2.05, 4.69) is 53.7 Å². The van der Waals surface area contributed by atoms with Crippen molar-refractivity contribution < 1.29 is 4.79 Å². The molecule has 0 aromatic rings. The maximum atomic E-state index is 11.8. The van der Waals surface area contributed by atoms with Crippen LogP contribution >= 0.6 is 0 Å². The zero-order valence-electron chi connectivity index (χ0n) is 13.3. The lowest BCUT2D eigenvalue weighted by Crippen LogP contribution is -2.32. The maximum absolute atomic E-state index is 11.8. The number of allylic oxidation sites excluding steroid dienone is 6. The minimum atomic E-state index is 0.0375. The average Bonchev–Trinajstić information content (AvgIpc) is 2.25. The molecule has 1 atom stereocenters. The summed E-state index contributed by atoms with van der Waals surface area (Å²) in [4.78, 5) is 11.8. The SMILES string of the molecule is CC(=O)C1=CC2=C(CC1C)C(C)(C)C(C)=CC2(C)C. The largest absolute Gasteiger partial charge is 0.295 e. The molecule has 0 fully saturated rings. The van der Waals surface area contributed by atoms with Gasteiger partial charge in [0.15, 0.2) is 5.78 Å². The van der Waals surface area contributed by atoms with Gasteiger partial charge in [-0.3, -0.25) is 4.79 Å². The summed E-state index contributed by atoms with van der Waals surface area (Å²) in [6, 6.07) is 0. The minimum absolute atomic E-state index is 0.0375. The predicted octanol–water partition coefficient (Wildman–Crippen LogP) is 4.85. The van der Waals surface area contributed by atoms with Crippen LogP contribution in [-0.4, -0.2) is 5.78 Å². The number of rotatable bonds is 1. The molecule has 1 unspecified atom stereocenters. The molecular weight excluding hydrogens is 232 g/mol. The van der Waals surface area contributed by atoms with Crippen molar-refractivity contribution in [3.8, 4) is 0 Å². The summed E-state index contributed by atoms with van der Waals surface area (Å²) in [5.41, 5.74) is 5.49. The first-order valence-electron chi connectivity index (χ1n) is 7.24. The molecule has 0 aromatic carbocycles. The summed E-state index contributed by atoms with van der Waals surface area (Å²) >= 11 is 0. The fourth-order valence-electron chi connectivity index (χ4n) is 3.56. The Morgan fingerprint density at radius 1 is 1.26 bits per heavy atom. The number of carbonyl (C=O) groups is 1.